The minimum absolute atomic E-state index is 0.164. The van der Waals surface area contributed by atoms with Crippen molar-refractivity contribution in [2.45, 2.75) is 13.8 Å². The van der Waals surface area contributed by atoms with Crippen LogP contribution < -0.4 is 10.6 Å². The van der Waals surface area contributed by atoms with Crippen LogP contribution in [0.25, 0.3) is 0 Å². The highest BCUT2D eigenvalue weighted by Crippen LogP contribution is 2.11. The quantitative estimate of drug-likeness (QED) is 0.770. The van der Waals surface area contributed by atoms with Crippen LogP contribution in [-0.4, -0.2) is 6.03 Å². The molecule has 2 N–H and O–H groups in total. The highest BCUT2D eigenvalue weighted by molar-refractivity contribution is 5.89. The number of carbonyl (C=O) groups excluding carboxylic acids is 1. The molecule has 0 aliphatic heterocycles. The second kappa shape index (κ2) is 5.14. The van der Waals surface area contributed by atoms with E-state index in [2.05, 4.69) is 10.6 Å². The van der Waals surface area contributed by atoms with E-state index in [-0.39, 0.29) is 5.69 Å². The minimum atomic E-state index is -0.457. The van der Waals surface area contributed by atoms with E-state index in [1.165, 1.54) is 12.1 Å². The van der Waals surface area contributed by atoms with Crippen LogP contribution in [0.3, 0.4) is 0 Å². The Morgan fingerprint density at radius 2 is 2.00 bits per heavy atom. The Balaban J connectivity index is 2.59. The number of hydrogen-bond donors (Lipinski definition) is 2. The summed E-state index contributed by atoms with van der Waals surface area (Å²) in [7, 11) is 0. The molecule has 0 aliphatic carbocycles. The summed E-state index contributed by atoms with van der Waals surface area (Å²) in [6.45, 7) is 3.70. The van der Waals surface area contributed by atoms with Crippen molar-refractivity contribution in [1.29, 1.82) is 0 Å². The first kappa shape index (κ1) is 11.2. The van der Waals surface area contributed by atoms with Crippen molar-refractivity contribution in [1.82, 2.24) is 5.32 Å². The van der Waals surface area contributed by atoms with Crippen molar-refractivity contribution in [3.63, 3.8) is 0 Å². The zero-order valence-electron chi connectivity index (χ0n) is 8.67. The fourth-order valence-electron chi connectivity index (χ4n) is 0.931. The molecule has 0 aromatic heterocycles. The van der Waals surface area contributed by atoms with Crippen molar-refractivity contribution in [3.05, 3.63) is 41.9 Å². The van der Waals surface area contributed by atoms with Crippen LogP contribution in [0.5, 0.6) is 0 Å². The monoisotopic (exact) mass is 208 g/mol. The van der Waals surface area contributed by atoms with Gasteiger partial charge in [0.15, 0.2) is 0 Å². The summed E-state index contributed by atoms with van der Waals surface area (Å²) in [4.78, 5) is 11.2. The summed E-state index contributed by atoms with van der Waals surface area (Å²) < 4.78 is 13.1. The molecule has 0 heterocycles. The summed E-state index contributed by atoms with van der Waals surface area (Å²) in [5.41, 5.74) is 1.12. The van der Waals surface area contributed by atoms with E-state index in [1.54, 1.807) is 18.3 Å². The van der Waals surface area contributed by atoms with Crippen LogP contribution in [0.1, 0.15) is 13.8 Å². The molecule has 15 heavy (non-hydrogen) atoms. The molecule has 0 spiro atoms. The Kier molecular flexibility index (Phi) is 3.85. The molecule has 1 aromatic rings. The maximum absolute atomic E-state index is 13.1. The van der Waals surface area contributed by atoms with E-state index in [4.69, 9.17) is 0 Å². The van der Waals surface area contributed by atoms with E-state index in [0.717, 1.165) is 5.57 Å². The largest absolute Gasteiger partial charge is 0.323 e. The molecule has 0 unspecified atom stereocenters. The molecule has 0 saturated carbocycles. The van der Waals surface area contributed by atoms with Gasteiger partial charge in [-0.3, -0.25) is 0 Å². The number of rotatable bonds is 2. The highest BCUT2D eigenvalue weighted by Gasteiger charge is 2.03. The number of benzene rings is 1. The van der Waals surface area contributed by atoms with Gasteiger partial charge >= 0.3 is 6.03 Å². The fourth-order valence-corrected chi connectivity index (χ4v) is 0.931. The third-order valence-corrected chi connectivity index (χ3v) is 1.61. The number of urea groups is 1. The van der Waals surface area contributed by atoms with Gasteiger partial charge < -0.3 is 10.6 Å². The summed E-state index contributed by atoms with van der Waals surface area (Å²) in [6.07, 6.45) is 1.55. The molecule has 0 fully saturated rings. The van der Waals surface area contributed by atoms with Gasteiger partial charge in [-0.05, 0) is 26.0 Å². The van der Waals surface area contributed by atoms with Crippen LogP contribution in [0.4, 0.5) is 14.9 Å². The van der Waals surface area contributed by atoms with Crippen LogP contribution in [0, 0.1) is 5.82 Å². The Morgan fingerprint density at radius 1 is 1.33 bits per heavy atom. The van der Waals surface area contributed by atoms with Gasteiger partial charge in [0.05, 0.1) is 5.69 Å². The molecule has 0 radical (unpaired) electrons. The first-order valence-electron chi connectivity index (χ1n) is 4.55. The third-order valence-electron chi connectivity index (χ3n) is 1.61. The van der Waals surface area contributed by atoms with Gasteiger partial charge in [-0.25, -0.2) is 9.18 Å². The van der Waals surface area contributed by atoms with Crippen LogP contribution >= 0.6 is 0 Å². The number of hydrogen-bond acceptors (Lipinski definition) is 1. The van der Waals surface area contributed by atoms with Gasteiger partial charge in [-0.1, -0.05) is 17.7 Å². The molecular weight excluding hydrogens is 195 g/mol. The smallest absolute Gasteiger partial charge is 0.314 e. The number of para-hydroxylation sites is 1. The Bertz CT molecular complexity index is 384. The molecular formula is C11H13FN2O. The third kappa shape index (κ3) is 3.81. The Labute approximate surface area is 88.0 Å². The van der Waals surface area contributed by atoms with Crippen LogP contribution in [-0.2, 0) is 0 Å². The van der Waals surface area contributed by atoms with Crippen molar-refractivity contribution in [3.8, 4) is 0 Å². The summed E-state index contributed by atoms with van der Waals surface area (Å²) in [6, 6.07) is 5.54. The summed E-state index contributed by atoms with van der Waals surface area (Å²) in [5, 5.41) is 4.87. The SMILES string of the molecule is CC(C)=CNC(=O)Nc1ccccc1F. The lowest BCUT2D eigenvalue weighted by Gasteiger charge is -2.05. The van der Waals surface area contributed by atoms with Crippen molar-refractivity contribution in [2.75, 3.05) is 5.32 Å². The second-order valence-corrected chi connectivity index (χ2v) is 3.30. The first-order chi connectivity index (χ1) is 7.09. The lowest BCUT2D eigenvalue weighted by atomic mass is 10.3. The molecule has 0 aliphatic rings. The van der Waals surface area contributed by atoms with Gasteiger partial charge in [0.1, 0.15) is 5.82 Å². The van der Waals surface area contributed by atoms with E-state index in [9.17, 15) is 9.18 Å². The summed E-state index contributed by atoms with van der Waals surface area (Å²) in [5.74, 6) is -0.454. The van der Waals surface area contributed by atoms with Gasteiger partial charge in [-0.2, -0.15) is 0 Å². The predicted octanol–water partition coefficient (Wildman–Crippen LogP) is 2.87. The van der Waals surface area contributed by atoms with Gasteiger partial charge in [0.25, 0.3) is 0 Å². The maximum atomic E-state index is 13.1. The molecule has 2 amide bonds. The second-order valence-electron chi connectivity index (χ2n) is 3.30. The molecule has 0 saturated heterocycles. The highest BCUT2D eigenvalue weighted by atomic mass is 19.1. The fraction of sp³-hybridized carbons (Fsp3) is 0.182. The zero-order chi connectivity index (χ0) is 11.3. The maximum Gasteiger partial charge on any atom is 0.323 e. The average molecular weight is 208 g/mol. The van der Waals surface area contributed by atoms with Gasteiger partial charge in [0, 0.05) is 6.20 Å². The minimum Gasteiger partial charge on any atom is -0.314 e. The van der Waals surface area contributed by atoms with Crippen molar-refractivity contribution in [2.24, 2.45) is 0 Å². The number of allylic oxidation sites excluding steroid dienone is 1. The number of amides is 2. The van der Waals surface area contributed by atoms with E-state index < -0.39 is 11.8 Å². The Morgan fingerprint density at radius 3 is 2.60 bits per heavy atom. The predicted molar refractivity (Wildman–Crippen MR) is 58.0 cm³/mol. The van der Waals surface area contributed by atoms with Gasteiger partial charge in [0.2, 0.25) is 0 Å². The number of carbonyl (C=O) groups is 1. The molecule has 4 heteroatoms. The van der Waals surface area contributed by atoms with Crippen molar-refractivity contribution >= 4 is 11.7 Å². The number of halogens is 1. The zero-order valence-corrected chi connectivity index (χ0v) is 8.67. The van der Waals surface area contributed by atoms with Crippen molar-refractivity contribution < 1.29 is 9.18 Å². The molecule has 80 valence electrons. The van der Waals surface area contributed by atoms with E-state index in [0.29, 0.717) is 0 Å². The first-order valence-corrected chi connectivity index (χ1v) is 4.55. The Hall–Kier alpha value is -1.84. The molecule has 1 aromatic carbocycles. The van der Waals surface area contributed by atoms with E-state index >= 15 is 0 Å². The van der Waals surface area contributed by atoms with Crippen LogP contribution in [0.2, 0.25) is 0 Å². The van der Waals surface area contributed by atoms with Crippen LogP contribution in [0.15, 0.2) is 36.0 Å². The molecule has 0 bridgehead atoms. The molecule has 3 nitrogen and oxygen atoms in total. The molecule has 0 atom stereocenters. The normalized spacial score (nSPS) is 9.27. The standard InChI is InChI=1S/C11H13FN2O/c1-8(2)7-13-11(15)14-10-6-4-3-5-9(10)12/h3-7H,1-2H3,(H2,13,14,15). The van der Waals surface area contributed by atoms with Gasteiger partial charge in [-0.15, -0.1) is 0 Å². The summed E-state index contributed by atoms with van der Waals surface area (Å²) >= 11 is 0. The van der Waals surface area contributed by atoms with E-state index in [1.807, 2.05) is 13.8 Å². The lowest BCUT2D eigenvalue weighted by molar-refractivity contribution is 0.255. The number of anilines is 1. The lowest BCUT2D eigenvalue weighted by Crippen LogP contribution is -2.24. The number of nitrogens with one attached hydrogen (secondary N) is 2. The topological polar surface area (TPSA) is 41.1 Å². The average Bonchev–Trinajstić information content (AvgIpc) is 2.18. The molecule has 1 rings (SSSR count).